The molecule has 0 aromatic carbocycles. The lowest BCUT2D eigenvalue weighted by Gasteiger charge is -2.21. The van der Waals surface area contributed by atoms with Gasteiger partial charge in [-0.15, -0.1) is 0 Å². The zero-order chi connectivity index (χ0) is 73.9. The van der Waals surface area contributed by atoms with E-state index >= 15 is 0 Å². The van der Waals surface area contributed by atoms with Crippen LogP contribution in [0.15, 0.2) is 0 Å². The van der Waals surface area contributed by atoms with E-state index in [2.05, 4.69) is 27.7 Å². The first-order valence-electron chi connectivity index (χ1n) is 42.8. The summed E-state index contributed by atoms with van der Waals surface area (Å²) in [4.78, 5) is 72.7. The number of rotatable bonds is 83. The predicted octanol–water partition coefficient (Wildman–Crippen LogP) is 25.0. The third-order valence-corrected chi connectivity index (χ3v) is 21.3. The molecule has 0 aliphatic heterocycles. The van der Waals surface area contributed by atoms with Crippen molar-refractivity contribution in [3.63, 3.8) is 0 Å². The van der Waals surface area contributed by atoms with Gasteiger partial charge in [0.1, 0.15) is 19.3 Å². The van der Waals surface area contributed by atoms with Gasteiger partial charge in [-0.1, -0.05) is 394 Å². The van der Waals surface area contributed by atoms with Gasteiger partial charge in [-0.25, -0.2) is 9.13 Å². The number of carbonyl (C=O) groups excluding carboxylic acids is 4. The molecule has 0 heterocycles. The zero-order valence-corrected chi connectivity index (χ0v) is 67.7. The van der Waals surface area contributed by atoms with Crippen molar-refractivity contribution in [2.75, 3.05) is 39.6 Å². The highest BCUT2D eigenvalue weighted by Gasteiger charge is 2.30. The van der Waals surface area contributed by atoms with Crippen molar-refractivity contribution in [2.24, 2.45) is 0 Å². The first kappa shape index (κ1) is 99.1. The first-order valence-corrected chi connectivity index (χ1v) is 45.8. The molecule has 0 radical (unpaired) electrons. The number of aliphatic hydroxyl groups is 1. The van der Waals surface area contributed by atoms with Gasteiger partial charge in [0.2, 0.25) is 0 Å². The summed E-state index contributed by atoms with van der Waals surface area (Å²) in [6, 6.07) is 0. The molecule has 0 aromatic heterocycles. The number of phosphoric acid groups is 2. The summed E-state index contributed by atoms with van der Waals surface area (Å²) in [7, 11) is -9.91. The maximum absolute atomic E-state index is 13.1. The Kier molecular flexibility index (Phi) is 74.8. The second kappa shape index (κ2) is 76.3. The molecule has 0 spiro atoms. The minimum Gasteiger partial charge on any atom is -0.462 e. The fourth-order valence-corrected chi connectivity index (χ4v) is 14.4. The number of ether oxygens (including phenoxy) is 4. The quantitative estimate of drug-likeness (QED) is 0.0222. The first-order chi connectivity index (χ1) is 49.2. The topological polar surface area (TPSA) is 237 Å². The monoisotopic (exact) mass is 1480 g/mol. The van der Waals surface area contributed by atoms with Gasteiger partial charge in [-0.3, -0.25) is 37.3 Å². The van der Waals surface area contributed by atoms with Crippen LogP contribution in [-0.2, 0) is 65.4 Å². The molecule has 101 heavy (non-hydrogen) atoms. The molecular weight excluding hydrogens is 1320 g/mol. The van der Waals surface area contributed by atoms with Crippen LogP contribution in [0.1, 0.15) is 445 Å². The highest BCUT2D eigenvalue weighted by Crippen LogP contribution is 2.45. The average molecular weight is 1480 g/mol. The van der Waals surface area contributed by atoms with Gasteiger partial charge < -0.3 is 33.8 Å². The summed E-state index contributed by atoms with van der Waals surface area (Å²) < 4.78 is 68.5. The van der Waals surface area contributed by atoms with Crippen molar-refractivity contribution in [3.8, 4) is 0 Å². The molecule has 17 nitrogen and oxygen atoms in total. The van der Waals surface area contributed by atoms with Crippen molar-refractivity contribution in [1.82, 2.24) is 0 Å². The molecule has 0 rings (SSSR count). The summed E-state index contributed by atoms with van der Waals surface area (Å²) >= 11 is 0. The molecule has 0 aromatic rings. The number of hydrogen-bond acceptors (Lipinski definition) is 15. The van der Waals surface area contributed by atoms with E-state index in [9.17, 15) is 43.2 Å². The van der Waals surface area contributed by atoms with Crippen LogP contribution in [0.4, 0.5) is 0 Å². The highest BCUT2D eigenvalue weighted by molar-refractivity contribution is 7.47. The van der Waals surface area contributed by atoms with E-state index in [1.165, 1.54) is 270 Å². The molecule has 0 saturated carbocycles. The highest BCUT2D eigenvalue weighted by atomic mass is 31.2. The van der Waals surface area contributed by atoms with E-state index in [-0.39, 0.29) is 25.7 Å². The van der Waals surface area contributed by atoms with Crippen molar-refractivity contribution in [2.45, 2.75) is 463 Å². The Bertz CT molecular complexity index is 1910. The maximum atomic E-state index is 13.1. The number of unbranched alkanes of at least 4 members (excludes halogenated alkanes) is 57. The molecule has 19 heteroatoms. The largest absolute Gasteiger partial charge is 0.472 e. The van der Waals surface area contributed by atoms with Crippen LogP contribution in [0.2, 0.25) is 0 Å². The fourth-order valence-electron chi connectivity index (χ4n) is 12.8. The van der Waals surface area contributed by atoms with Gasteiger partial charge in [-0.2, -0.15) is 0 Å². The van der Waals surface area contributed by atoms with Crippen LogP contribution in [0.25, 0.3) is 0 Å². The van der Waals surface area contributed by atoms with Crippen molar-refractivity contribution in [1.29, 1.82) is 0 Å². The van der Waals surface area contributed by atoms with Gasteiger partial charge in [0, 0.05) is 25.7 Å². The Hall–Kier alpha value is -1.94. The summed E-state index contributed by atoms with van der Waals surface area (Å²) in [5, 5.41) is 10.6. The molecule has 0 aliphatic rings. The third kappa shape index (κ3) is 76.1. The molecule has 3 N–H and O–H groups in total. The molecular formula is C82H160O17P2. The summed E-state index contributed by atoms with van der Waals surface area (Å²) in [5.41, 5.74) is 0. The normalized spacial score (nSPS) is 13.8. The lowest BCUT2D eigenvalue weighted by atomic mass is 10.0. The minimum absolute atomic E-state index is 0.108. The Morgan fingerprint density at radius 2 is 0.396 bits per heavy atom. The van der Waals surface area contributed by atoms with E-state index in [0.717, 1.165) is 96.3 Å². The van der Waals surface area contributed by atoms with E-state index in [1.54, 1.807) is 0 Å². The van der Waals surface area contributed by atoms with Gasteiger partial charge in [0.05, 0.1) is 26.4 Å². The van der Waals surface area contributed by atoms with Gasteiger partial charge in [-0.05, 0) is 25.7 Å². The van der Waals surface area contributed by atoms with Crippen molar-refractivity contribution < 1.29 is 80.2 Å². The van der Waals surface area contributed by atoms with Gasteiger partial charge in [0.15, 0.2) is 12.2 Å². The third-order valence-electron chi connectivity index (χ3n) is 19.4. The number of carbonyl (C=O) groups is 4. The molecule has 0 saturated heterocycles. The van der Waals surface area contributed by atoms with Gasteiger partial charge >= 0.3 is 39.5 Å². The lowest BCUT2D eigenvalue weighted by molar-refractivity contribution is -0.161. The smallest absolute Gasteiger partial charge is 0.462 e. The van der Waals surface area contributed by atoms with E-state index in [0.29, 0.717) is 25.7 Å². The number of aliphatic hydroxyl groups excluding tert-OH is 1. The number of phosphoric ester groups is 2. The number of hydrogen-bond donors (Lipinski definition) is 3. The summed E-state index contributed by atoms with van der Waals surface area (Å²) in [6.07, 6.45) is 70.0. The molecule has 0 bridgehead atoms. The van der Waals surface area contributed by atoms with Crippen LogP contribution in [-0.4, -0.2) is 96.7 Å². The SMILES string of the molecule is CCCCCCCCCCCCCCCCCCCCCCCCC(=O)O[C@H](COC(=O)CCCCCCCCCCCCCCCCCCCCC)COP(=O)(O)OC[C@@H](O)COP(=O)(O)OC[C@@H](COC(=O)CCCCCCC)OC(=O)CCCCCCCCCCCCCCCCC. The Morgan fingerprint density at radius 3 is 0.584 bits per heavy atom. The van der Waals surface area contributed by atoms with Crippen molar-refractivity contribution >= 4 is 39.5 Å². The molecule has 2 unspecified atom stereocenters. The molecule has 0 fully saturated rings. The van der Waals surface area contributed by atoms with Crippen LogP contribution in [0.5, 0.6) is 0 Å². The van der Waals surface area contributed by atoms with Gasteiger partial charge in [0.25, 0.3) is 0 Å². The summed E-state index contributed by atoms with van der Waals surface area (Å²) in [5.74, 6) is -2.12. The Labute approximate surface area is 619 Å². The number of esters is 4. The second-order valence-corrected chi connectivity index (χ2v) is 32.4. The van der Waals surface area contributed by atoms with Crippen molar-refractivity contribution in [3.05, 3.63) is 0 Å². The Balaban J connectivity index is 5.10. The standard InChI is InChI=1S/C82H160O17P2/c1-5-9-13-17-20-23-26-29-32-34-36-37-38-40-42-45-48-51-54-57-61-65-69-82(87)99-78(73-93-80(85)67-63-59-55-52-49-46-44-41-39-35-33-30-27-24-21-18-14-10-6-2)75-97-101(90,91)95-71-76(83)70-94-100(88,89)96-74-77(72-92-79(84)66-62-58-16-12-8-4)98-81(86)68-64-60-56-53-50-47-43-31-28-25-22-19-15-11-7-3/h76-78,83H,5-75H2,1-4H3,(H,88,89)(H,90,91)/t76-,77+,78+/m0/s1. The zero-order valence-electron chi connectivity index (χ0n) is 65.9. The second-order valence-electron chi connectivity index (χ2n) is 29.5. The minimum atomic E-state index is -4.96. The molecule has 600 valence electrons. The van der Waals surface area contributed by atoms with Crippen LogP contribution in [0.3, 0.4) is 0 Å². The molecule has 0 amide bonds. The van der Waals surface area contributed by atoms with Crippen LogP contribution < -0.4 is 0 Å². The van der Waals surface area contributed by atoms with Crippen LogP contribution >= 0.6 is 15.6 Å². The summed E-state index contributed by atoms with van der Waals surface area (Å²) in [6.45, 7) is 4.94. The molecule has 0 aliphatic carbocycles. The average Bonchev–Trinajstić information content (AvgIpc) is 0.956. The van der Waals surface area contributed by atoms with E-state index < -0.39 is 97.5 Å². The molecule has 5 atom stereocenters. The van der Waals surface area contributed by atoms with E-state index in [1.807, 2.05) is 0 Å². The van der Waals surface area contributed by atoms with E-state index in [4.69, 9.17) is 37.0 Å². The van der Waals surface area contributed by atoms with Crippen LogP contribution in [0, 0.1) is 0 Å². The lowest BCUT2D eigenvalue weighted by Crippen LogP contribution is -2.30. The fraction of sp³-hybridized carbons (Fsp3) is 0.951. The maximum Gasteiger partial charge on any atom is 0.472 e. The predicted molar refractivity (Wildman–Crippen MR) is 414 cm³/mol. The Morgan fingerprint density at radius 1 is 0.238 bits per heavy atom.